The molecule has 6 heteroatoms. The Morgan fingerprint density at radius 2 is 1.96 bits per heavy atom. The fourth-order valence-electron chi connectivity index (χ4n) is 2.79. The second-order valence-electron chi connectivity index (χ2n) is 5.43. The quantitative estimate of drug-likeness (QED) is 0.868. The number of ether oxygens (including phenoxy) is 2. The summed E-state index contributed by atoms with van der Waals surface area (Å²) in [5, 5.41) is 0. The van der Waals surface area contributed by atoms with E-state index in [4.69, 9.17) is 9.47 Å². The topological polar surface area (TPSA) is 64.6 Å². The summed E-state index contributed by atoms with van der Waals surface area (Å²) in [7, 11) is 1.62. The molecule has 0 bridgehead atoms. The minimum atomic E-state index is -0.0144. The van der Waals surface area contributed by atoms with E-state index in [1.807, 2.05) is 29.2 Å². The van der Waals surface area contributed by atoms with Crippen molar-refractivity contribution >= 4 is 5.91 Å². The summed E-state index contributed by atoms with van der Waals surface area (Å²) in [6, 6.07) is 7.25. The number of carbonyl (C=O) groups is 1. The van der Waals surface area contributed by atoms with Crippen LogP contribution in [-0.4, -0.2) is 34.4 Å². The van der Waals surface area contributed by atoms with Crippen molar-refractivity contribution in [3.05, 3.63) is 42.4 Å². The van der Waals surface area contributed by atoms with Crippen LogP contribution in [0.5, 0.6) is 17.4 Å². The van der Waals surface area contributed by atoms with Crippen LogP contribution < -0.4 is 9.47 Å². The molecule has 1 amide bonds. The summed E-state index contributed by atoms with van der Waals surface area (Å²) in [6.07, 6.45) is 5.16. The van der Waals surface area contributed by atoms with Gasteiger partial charge in [0.1, 0.15) is 11.5 Å². The van der Waals surface area contributed by atoms with E-state index in [0.717, 1.165) is 30.8 Å². The van der Waals surface area contributed by atoms with Crippen molar-refractivity contribution in [2.45, 2.75) is 25.8 Å². The van der Waals surface area contributed by atoms with Crippen molar-refractivity contribution in [2.24, 2.45) is 0 Å². The molecular weight excluding hydrogens is 294 g/mol. The first-order valence-electron chi connectivity index (χ1n) is 7.58. The number of aromatic nitrogens is 2. The van der Waals surface area contributed by atoms with Crippen LogP contribution >= 0.6 is 0 Å². The Labute approximate surface area is 135 Å². The van der Waals surface area contributed by atoms with Crippen LogP contribution in [0.3, 0.4) is 0 Å². The van der Waals surface area contributed by atoms with Gasteiger partial charge >= 0.3 is 0 Å². The first-order chi connectivity index (χ1) is 11.2. The van der Waals surface area contributed by atoms with Gasteiger partial charge in [-0.15, -0.1) is 0 Å². The Balaban J connectivity index is 1.78. The largest absolute Gasteiger partial charge is 0.497 e. The fraction of sp³-hybridized carbons (Fsp3) is 0.353. The molecular formula is C17H19N3O3. The predicted octanol–water partition coefficient (Wildman–Crippen LogP) is 2.96. The summed E-state index contributed by atoms with van der Waals surface area (Å²) >= 11 is 0. The maximum Gasteiger partial charge on any atom is 0.238 e. The van der Waals surface area contributed by atoms with Gasteiger partial charge in [0.15, 0.2) is 0 Å². The van der Waals surface area contributed by atoms with E-state index in [1.165, 1.54) is 0 Å². The molecule has 0 unspecified atom stereocenters. The molecule has 3 rings (SSSR count). The number of hydrogen-bond acceptors (Lipinski definition) is 5. The number of amides is 1. The molecule has 0 aliphatic carbocycles. The van der Waals surface area contributed by atoms with Crippen LogP contribution in [0.15, 0.2) is 36.7 Å². The minimum absolute atomic E-state index is 0.0144. The van der Waals surface area contributed by atoms with Crippen molar-refractivity contribution in [3.8, 4) is 17.4 Å². The lowest BCUT2D eigenvalue weighted by atomic mass is 10.1. The van der Waals surface area contributed by atoms with Crippen LogP contribution in [0.2, 0.25) is 0 Å². The van der Waals surface area contributed by atoms with E-state index in [2.05, 4.69) is 9.97 Å². The van der Waals surface area contributed by atoms with E-state index in [9.17, 15) is 4.79 Å². The van der Waals surface area contributed by atoms with Gasteiger partial charge in [0.2, 0.25) is 11.8 Å². The van der Waals surface area contributed by atoms with Crippen molar-refractivity contribution in [2.75, 3.05) is 13.7 Å². The van der Waals surface area contributed by atoms with Crippen LogP contribution in [-0.2, 0) is 4.79 Å². The molecule has 1 aliphatic rings. The molecule has 2 aromatic rings. The highest BCUT2D eigenvalue weighted by atomic mass is 16.5. The van der Waals surface area contributed by atoms with Crippen LogP contribution in [0.1, 0.15) is 31.5 Å². The number of hydrogen-bond donors (Lipinski definition) is 0. The maximum absolute atomic E-state index is 11.7. The number of methoxy groups -OCH3 is 1. The molecule has 0 N–H and O–H groups in total. The summed E-state index contributed by atoms with van der Waals surface area (Å²) in [4.78, 5) is 22.3. The number of carbonyl (C=O) groups excluding carboxylic acids is 1. The molecule has 1 aliphatic heterocycles. The van der Waals surface area contributed by atoms with Gasteiger partial charge in [-0.3, -0.25) is 9.78 Å². The van der Waals surface area contributed by atoms with Crippen LogP contribution in [0.4, 0.5) is 0 Å². The Kier molecular flexibility index (Phi) is 4.41. The van der Waals surface area contributed by atoms with E-state index in [0.29, 0.717) is 11.6 Å². The number of nitrogens with zero attached hydrogens (tertiary/aromatic N) is 3. The summed E-state index contributed by atoms with van der Waals surface area (Å²) in [5.74, 6) is 1.91. The van der Waals surface area contributed by atoms with E-state index < -0.39 is 0 Å². The highest BCUT2D eigenvalue weighted by molar-refractivity contribution is 5.74. The zero-order valence-electron chi connectivity index (χ0n) is 13.2. The molecule has 0 saturated carbocycles. The smallest absolute Gasteiger partial charge is 0.238 e. The first-order valence-corrected chi connectivity index (χ1v) is 7.58. The minimum Gasteiger partial charge on any atom is -0.497 e. The normalized spacial score (nSPS) is 17.1. The molecule has 6 nitrogen and oxygen atoms in total. The molecule has 120 valence electrons. The molecule has 23 heavy (non-hydrogen) atoms. The van der Waals surface area contributed by atoms with Crippen LogP contribution in [0.25, 0.3) is 0 Å². The third kappa shape index (κ3) is 3.41. The molecule has 1 aromatic heterocycles. The Morgan fingerprint density at radius 3 is 2.65 bits per heavy atom. The first kappa shape index (κ1) is 15.3. The zero-order chi connectivity index (χ0) is 16.2. The lowest BCUT2D eigenvalue weighted by molar-refractivity contribution is -0.129. The average Bonchev–Trinajstić information content (AvgIpc) is 3.06. The predicted molar refractivity (Wildman–Crippen MR) is 84.5 cm³/mol. The molecule has 0 radical (unpaired) electrons. The highest BCUT2D eigenvalue weighted by Gasteiger charge is 2.29. The Hall–Kier alpha value is -2.63. The standard InChI is InChI=1S/C17H19N3O3/c1-12(21)20-9-3-4-16(20)15-10-18-11-17(19-15)23-14-7-5-13(22-2)6-8-14/h5-8,10-11,16H,3-4,9H2,1-2H3/t16-/m0/s1. The van der Waals surface area contributed by atoms with Gasteiger partial charge in [0.25, 0.3) is 0 Å². The van der Waals surface area contributed by atoms with Crippen LogP contribution in [0, 0.1) is 0 Å². The second-order valence-corrected chi connectivity index (χ2v) is 5.43. The van der Waals surface area contributed by atoms with Crippen molar-refractivity contribution in [1.29, 1.82) is 0 Å². The molecule has 1 saturated heterocycles. The molecule has 1 fully saturated rings. The second kappa shape index (κ2) is 6.64. The van der Waals surface area contributed by atoms with Gasteiger partial charge in [0.05, 0.1) is 31.2 Å². The van der Waals surface area contributed by atoms with Gasteiger partial charge in [-0.05, 0) is 37.1 Å². The van der Waals surface area contributed by atoms with Gasteiger partial charge < -0.3 is 14.4 Å². The van der Waals surface area contributed by atoms with Crippen molar-refractivity contribution < 1.29 is 14.3 Å². The van der Waals surface area contributed by atoms with Gasteiger partial charge in [-0.1, -0.05) is 0 Å². The maximum atomic E-state index is 11.7. The van der Waals surface area contributed by atoms with E-state index >= 15 is 0 Å². The zero-order valence-corrected chi connectivity index (χ0v) is 13.2. The SMILES string of the molecule is COc1ccc(Oc2cncc([C@@H]3CCCN3C(C)=O)n2)cc1. The Morgan fingerprint density at radius 1 is 1.22 bits per heavy atom. The van der Waals surface area contributed by atoms with Crippen molar-refractivity contribution in [1.82, 2.24) is 14.9 Å². The average molecular weight is 313 g/mol. The molecule has 1 atom stereocenters. The third-order valence-corrected chi connectivity index (χ3v) is 3.91. The number of likely N-dealkylation sites (tertiary alicyclic amines) is 1. The van der Waals surface area contributed by atoms with Gasteiger partial charge in [-0.2, -0.15) is 0 Å². The number of benzene rings is 1. The van der Waals surface area contributed by atoms with Gasteiger partial charge in [-0.25, -0.2) is 4.98 Å². The fourth-order valence-corrected chi connectivity index (χ4v) is 2.79. The lowest BCUT2D eigenvalue weighted by Crippen LogP contribution is -2.28. The monoisotopic (exact) mass is 313 g/mol. The summed E-state index contributed by atoms with van der Waals surface area (Å²) in [5.41, 5.74) is 0.767. The molecule has 1 aromatic carbocycles. The highest BCUT2D eigenvalue weighted by Crippen LogP contribution is 2.31. The van der Waals surface area contributed by atoms with Gasteiger partial charge in [0, 0.05) is 13.5 Å². The molecule has 2 heterocycles. The summed E-state index contributed by atoms with van der Waals surface area (Å²) < 4.78 is 10.9. The van der Waals surface area contributed by atoms with Crippen molar-refractivity contribution in [3.63, 3.8) is 0 Å². The number of rotatable bonds is 4. The molecule has 0 spiro atoms. The third-order valence-electron chi connectivity index (χ3n) is 3.91. The summed E-state index contributed by atoms with van der Waals surface area (Å²) in [6.45, 7) is 2.36. The lowest BCUT2D eigenvalue weighted by Gasteiger charge is -2.22. The van der Waals surface area contributed by atoms with E-state index in [-0.39, 0.29) is 11.9 Å². The Bertz CT molecular complexity index is 688. The van der Waals surface area contributed by atoms with E-state index in [1.54, 1.807) is 26.4 Å².